The number of amides is 1. The molecule has 3 rings (SSSR count). The van der Waals surface area contributed by atoms with Gasteiger partial charge in [0.2, 0.25) is 20.0 Å². The van der Waals surface area contributed by atoms with E-state index in [1.54, 1.807) is 35.2 Å². The SMILES string of the molecule is CC(C)(C)OC(=O)N1CCCN(c2ccc(CNS(=O)(=O)c3ccccc3)c(NS(C)(=O)=O)c2)CC1. The van der Waals surface area contributed by atoms with Gasteiger partial charge in [-0.05, 0) is 57.0 Å². The van der Waals surface area contributed by atoms with Crippen molar-refractivity contribution in [3.05, 3.63) is 54.1 Å². The molecular formula is C24H34N4O6S2. The van der Waals surface area contributed by atoms with Gasteiger partial charge in [0, 0.05) is 38.4 Å². The molecule has 0 unspecified atom stereocenters. The van der Waals surface area contributed by atoms with Crippen molar-refractivity contribution in [1.29, 1.82) is 0 Å². The Hall–Kier alpha value is -2.83. The van der Waals surface area contributed by atoms with Gasteiger partial charge >= 0.3 is 6.09 Å². The van der Waals surface area contributed by atoms with Crippen molar-refractivity contribution in [3.8, 4) is 0 Å². The summed E-state index contributed by atoms with van der Waals surface area (Å²) < 4.78 is 59.8. The van der Waals surface area contributed by atoms with E-state index in [-0.39, 0.29) is 17.5 Å². The molecule has 198 valence electrons. The van der Waals surface area contributed by atoms with E-state index in [2.05, 4.69) is 14.3 Å². The van der Waals surface area contributed by atoms with Gasteiger partial charge in [-0.25, -0.2) is 26.4 Å². The van der Waals surface area contributed by atoms with Crippen LogP contribution in [0.3, 0.4) is 0 Å². The molecule has 0 bridgehead atoms. The van der Waals surface area contributed by atoms with Crippen LogP contribution in [0, 0.1) is 0 Å². The van der Waals surface area contributed by atoms with Crippen molar-refractivity contribution in [1.82, 2.24) is 9.62 Å². The number of nitrogens with zero attached hydrogens (tertiary/aromatic N) is 2. The monoisotopic (exact) mass is 538 g/mol. The van der Waals surface area contributed by atoms with E-state index < -0.39 is 25.6 Å². The third kappa shape index (κ3) is 8.10. The molecule has 1 aliphatic rings. The molecule has 0 radical (unpaired) electrons. The fraction of sp³-hybridized carbons (Fsp3) is 0.458. The molecule has 10 nitrogen and oxygen atoms in total. The molecule has 0 aromatic heterocycles. The van der Waals surface area contributed by atoms with Crippen molar-refractivity contribution < 1.29 is 26.4 Å². The summed E-state index contributed by atoms with van der Waals surface area (Å²) in [6.07, 6.45) is 1.40. The summed E-state index contributed by atoms with van der Waals surface area (Å²) in [6.45, 7) is 7.60. The molecule has 0 aliphatic carbocycles. The van der Waals surface area contributed by atoms with Gasteiger partial charge in [-0.1, -0.05) is 24.3 Å². The average molecular weight is 539 g/mol. The minimum atomic E-state index is -3.77. The number of sulfonamides is 2. The van der Waals surface area contributed by atoms with Crippen LogP contribution in [0.25, 0.3) is 0 Å². The minimum Gasteiger partial charge on any atom is -0.444 e. The second kappa shape index (κ2) is 11.1. The van der Waals surface area contributed by atoms with Crippen LogP contribution in [-0.4, -0.2) is 65.9 Å². The molecule has 2 aromatic carbocycles. The lowest BCUT2D eigenvalue weighted by Gasteiger charge is -2.27. The molecule has 2 aromatic rings. The van der Waals surface area contributed by atoms with E-state index in [1.807, 2.05) is 26.8 Å². The molecule has 0 atom stereocenters. The van der Waals surface area contributed by atoms with Gasteiger partial charge in [-0.2, -0.15) is 0 Å². The third-order valence-electron chi connectivity index (χ3n) is 5.41. The molecule has 0 spiro atoms. The Morgan fingerprint density at radius 2 is 1.67 bits per heavy atom. The first-order chi connectivity index (χ1) is 16.7. The number of ether oxygens (including phenoxy) is 1. The van der Waals surface area contributed by atoms with Crippen molar-refractivity contribution in [2.24, 2.45) is 0 Å². The maximum atomic E-state index is 12.6. The van der Waals surface area contributed by atoms with Crippen LogP contribution in [0.1, 0.15) is 32.8 Å². The summed E-state index contributed by atoms with van der Waals surface area (Å²) in [7, 11) is -7.38. The summed E-state index contributed by atoms with van der Waals surface area (Å²) in [6, 6.07) is 13.2. The van der Waals surface area contributed by atoms with Gasteiger partial charge in [0.05, 0.1) is 16.8 Å². The number of rotatable bonds is 7. The van der Waals surface area contributed by atoms with Gasteiger partial charge in [-0.15, -0.1) is 0 Å². The van der Waals surface area contributed by atoms with Crippen molar-refractivity contribution in [3.63, 3.8) is 0 Å². The maximum absolute atomic E-state index is 12.6. The number of benzene rings is 2. The van der Waals surface area contributed by atoms with Gasteiger partial charge in [0.25, 0.3) is 0 Å². The van der Waals surface area contributed by atoms with Crippen molar-refractivity contribution in [2.75, 3.05) is 42.1 Å². The van der Waals surface area contributed by atoms with Crippen LogP contribution in [0.15, 0.2) is 53.4 Å². The summed E-state index contributed by atoms with van der Waals surface area (Å²) in [5, 5.41) is 0. The molecule has 1 saturated heterocycles. The highest BCUT2D eigenvalue weighted by Crippen LogP contribution is 2.26. The van der Waals surface area contributed by atoms with E-state index >= 15 is 0 Å². The lowest BCUT2D eigenvalue weighted by atomic mass is 10.1. The predicted molar refractivity (Wildman–Crippen MR) is 140 cm³/mol. The number of carbonyl (C=O) groups excluding carboxylic acids is 1. The van der Waals surface area contributed by atoms with E-state index in [0.29, 0.717) is 43.9 Å². The fourth-order valence-corrected chi connectivity index (χ4v) is 5.37. The Labute approximate surface area is 213 Å². The van der Waals surface area contributed by atoms with Crippen LogP contribution < -0.4 is 14.3 Å². The first-order valence-corrected chi connectivity index (χ1v) is 15.0. The quantitative estimate of drug-likeness (QED) is 0.555. The number of hydrogen-bond acceptors (Lipinski definition) is 7. The number of nitrogens with one attached hydrogen (secondary N) is 2. The van der Waals surface area contributed by atoms with E-state index in [9.17, 15) is 21.6 Å². The zero-order valence-electron chi connectivity index (χ0n) is 21.0. The smallest absolute Gasteiger partial charge is 0.410 e. The molecular weight excluding hydrogens is 504 g/mol. The molecule has 1 aliphatic heterocycles. The molecule has 0 saturated carbocycles. The summed E-state index contributed by atoms with van der Waals surface area (Å²) in [4.78, 5) is 16.3. The largest absolute Gasteiger partial charge is 0.444 e. The molecule has 1 fully saturated rings. The Kier molecular flexibility index (Phi) is 8.52. The van der Waals surface area contributed by atoms with E-state index in [4.69, 9.17) is 4.74 Å². The number of hydrogen-bond donors (Lipinski definition) is 2. The van der Waals surface area contributed by atoms with Crippen molar-refractivity contribution >= 4 is 37.5 Å². The Morgan fingerprint density at radius 1 is 0.972 bits per heavy atom. The lowest BCUT2D eigenvalue weighted by Crippen LogP contribution is -2.39. The minimum absolute atomic E-state index is 0.0955. The second-order valence-corrected chi connectivity index (χ2v) is 13.2. The van der Waals surface area contributed by atoms with Crippen LogP contribution in [-0.2, 0) is 31.3 Å². The molecule has 36 heavy (non-hydrogen) atoms. The van der Waals surface area contributed by atoms with E-state index in [0.717, 1.165) is 11.9 Å². The Bertz CT molecular complexity index is 1280. The van der Waals surface area contributed by atoms with Crippen LogP contribution in [0.5, 0.6) is 0 Å². The summed E-state index contributed by atoms with van der Waals surface area (Å²) in [5.41, 5.74) is 0.961. The molecule has 1 heterocycles. The number of anilines is 2. The highest BCUT2D eigenvalue weighted by atomic mass is 32.2. The highest BCUT2D eigenvalue weighted by molar-refractivity contribution is 7.92. The molecule has 2 N–H and O–H groups in total. The number of carbonyl (C=O) groups is 1. The predicted octanol–water partition coefficient (Wildman–Crippen LogP) is 2.98. The Morgan fingerprint density at radius 3 is 2.31 bits per heavy atom. The molecule has 12 heteroatoms. The highest BCUT2D eigenvalue weighted by Gasteiger charge is 2.25. The van der Waals surface area contributed by atoms with E-state index in [1.165, 1.54) is 12.1 Å². The fourth-order valence-electron chi connectivity index (χ4n) is 3.75. The van der Waals surface area contributed by atoms with Gasteiger partial charge < -0.3 is 14.5 Å². The first kappa shape index (κ1) is 27.8. The van der Waals surface area contributed by atoms with Gasteiger partial charge in [-0.3, -0.25) is 4.72 Å². The zero-order chi connectivity index (χ0) is 26.6. The lowest BCUT2D eigenvalue weighted by molar-refractivity contribution is 0.0263. The van der Waals surface area contributed by atoms with Crippen LogP contribution in [0.2, 0.25) is 0 Å². The molecule has 1 amide bonds. The Balaban J connectivity index is 1.78. The first-order valence-electron chi connectivity index (χ1n) is 11.6. The summed E-state index contributed by atoms with van der Waals surface area (Å²) in [5.74, 6) is 0. The average Bonchev–Trinajstić information content (AvgIpc) is 3.03. The van der Waals surface area contributed by atoms with Crippen molar-refractivity contribution in [2.45, 2.75) is 44.2 Å². The second-order valence-electron chi connectivity index (χ2n) is 9.66. The maximum Gasteiger partial charge on any atom is 0.410 e. The van der Waals surface area contributed by atoms with Crippen LogP contribution in [0.4, 0.5) is 16.2 Å². The standard InChI is InChI=1S/C24H34N4O6S2/c1-24(2,3)34-23(29)28-14-8-13-27(15-16-28)20-12-11-19(22(17-20)26-35(4,30)31)18-25-36(32,33)21-9-6-5-7-10-21/h5-7,9-12,17,25-26H,8,13-16,18H2,1-4H3. The zero-order valence-corrected chi connectivity index (χ0v) is 22.7. The normalized spacial score (nSPS) is 15.3. The van der Waals surface area contributed by atoms with Crippen LogP contribution >= 0.6 is 0 Å². The summed E-state index contributed by atoms with van der Waals surface area (Å²) >= 11 is 0. The van der Waals surface area contributed by atoms with Gasteiger partial charge in [0.1, 0.15) is 5.60 Å². The third-order valence-corrected chi connectivity index (χ3v) is 7.42. The van der Waals surface area contributed by atoms with Gasteiger partial charge in [0.15, 0.2) is 0 Å². The topological polar surface area (TPSA) is 125 Å².